The minimum absolute atomic E-state index is 0.381. The zero-order chi connectivity index (χ0) is 15.2. The highest BCUT2D eigenvalue weighted by atomic mass is 16.5. The molecule has 3 aromatic rings. The molecule has 2 unspecified atom stereocenters. The number of ether oxygens (including phenoxy) is 1. The van der Waals surface area contributed by atoms with Crippen molar-refractivity contribution in [2.45, 2.75) is 25.0 Å². The second-order valence-corrected chi connectivity index (χ2v) is 6.27. The van der Waals surface area contributed by atoms with Gasteiger partial charge in [0.25, 0.3) is 0 Å². The first-order valence-electron chi connectivity index (χ1n) is 8.18. The maximum atomic E-state index is 5.80. The van der Waals surface area contributed by atoms with Gasteiger partial charge in [0, 0.05) is 30.3 Å². The van der Waals surface area contributed by atoms with Gasteiger partial charge in [0.2, 0.25) is 0 Å². The zero-order valence-corrected chi connectivity index (χ0v) is 12.8. The molecule has 2 aliphatic rings. The van der Waals surface area contributed by atoms with Gasteiger partial charge in [-0.15, -0.1) is 0 Å². The molecular formula is C18H18N4O. The summed E-state index contributed by atoms with van der Waals surface area (Å²) < 4.78 is 5.80. The van der Waals surface area contributed by atoms with E-state index in [9.17, 15) is 0 Å². The summed E-state index contributed by atoms with van der Waals surface area (Å²) in [4.78, 5) is 7.00. The summed E-state index contributed by atoms with van der Waals surface area (Å²) >= 11 is 0. The highest BCUT2D eigenvalue weighted by Crippen LogP contribution is 2.34. The third-order valence-corrected chi connectivity index (χ3v) is 5.01. The van der Waals surface area contributed by atoms with E-state index in [0.717, 1.165) is 54.0 Å². The van der Waals surface area contributed by atoms with Crippen molar-refractivity contribution < 1.29 is 4.74 Å². The van der Waals surface area contributed by atoms with E-state index in [4.69, 9.17) is 4.74 Å². The summed E-state index contributed by atoms with van der Waals surface area (Å²) in [5.41, 5.74) is 3.16. The number of anilines is 1. The zero-order valence-electron chi connectivity index (χ0n) is 12.8. The standard InChI is InChI=1S/C18H18N4O/c1-2-4-14-13(3-1)18(21-20-14)12-5-8-19-17(11-12)22-9-6-16-15(22)7-10-23-16/h1-5,8,11,15-16H,6-7,9-10H2,(H,20,21). The highest BCUT2D eigenvalue weighted by Gasteiger charge is 2.39. The molecule has 1 aromatic carbocycles. The summed E-state index contributed by atoms with van der Waals surface area (Å²) in [6, 6.07) is 12.9. The van der Waals surface area contributed by atoms with Gasteiger partial charge in [-0.3, -0.25) is 5.10 Å². The number of fused-ring (bicyclic) bond motifs is 2. The van der Waals surface area contributed by atoms with Crippen molar-refractivity contribution in [1.29, 1.82) is 0 Å². The van der Waals surface area contributed by atoms with E-state index in [2.05, 4.69) is 38.3 Å². The van der Waals surface area contributed by atoms with Crippen LogP contribution in [0.15, 0.2) is 42.6 Å². The molecule has 0 bridgehead atoms. The van der Waals surface area contributed by atoms with Gasteiger partial charge in [-0.1, -0.05) is 18.2 Å². The first-order chi connectivity index (χ1) is 11.4. The smallest absolute Gasteiger partial charge is 0.129 e. The second kappa shape index (κ2) is 5.06. The van der Waals surface area contributed by atoms with Crippen molar-refractivity contribution in [2.24, 2.45) is 0 Å². The molecule has 2 atom stereocenters. The Balaban J connectivity index is 1.55. The van der Waals surface area contributed by atoms with Crippen LogP contribution in [0.4, 0.5) is 5.82 Å². The fourth-order valence-corrected chi connectivity index (χ4v) is 3.89. The van der Waals surface area contributed by atoms with Gasteiger partial charge in [-0.05, 0) is 31.0 Å². The molecule has 0 amide bonds. The van der Waals surface area contributed by atoms with Crippen molar-refractivity contribution >= 4 is 16.7 Å². The van der Waals surface area contributed by atoms with Crippen molar-refractivity contribution in [3.05, 3.63) is 42.6 Å². The van der Waals surface area contributed by atoms with E-state index >= 15 is 0 Å². The molecule has 2 aromatic heterocycles. The monoisotopic (exact) mass is 306 g/mol. The van der Waals surface area contributed by atoms with Crippen LogP contribution in [0.2, 0.25) is 0 Å². The van der Waals surface area contributed by atoms with Crippen LogP contribution >= 0.6 is 0 Å². The van der Waals surface area contributed by atoms with Crippen molar-refractivity contribution in [3.63, 3.8) is 0 Å². The van der Waals surface area contributed by atoms with Gasteiger partial charge in [0.05, 0.1) is 17.7 Å². The van der Waals surface area contributed by atoms with Crippen LogP contribution in [0.3, 0.4) is 0 Å². The molecule has 23 heavy (non-hydrogen) atoms. The topological polar surface area (TPSA) is 54.0 Å². The molecule has 1 N–H and O–H groups in total. The molecule has 0 spiro atoms. The lowest BCUT2D eigenvalue weighted by Gasteiger charge is -2.24. The molecule has 0 saturated carbocycles. The molecule has 116 valence electrons. The van der Waals surface area contributed by atoms with Crippen LogP contribution in [-0.4, -0.2) is 40.5 Å². The Labute approximate surface area is 134 Å². The minimum Gasteiger partial charge on any atom is -0.376 e. The van der Waals surface area contributed by atoms with E-state index in [0.29, 0.717) is 12.1 Å². The van der Waals surface area contributed by atoms with Gasteiger partial charge in [0.15, 0.2) is 0 Å². The number of para-hydroxylation sites is 1. The summed E-state index contributed by atoms with van der Waals surface area (Å²) in [6.45, 7) is 1.89. The third kappa shape index (κ3) is 2.04. The largest absolute Gasteiger partial charge is 0.376 e. The predicted octanol–water partition coefficient (Wildman–Crippen LogP) is 2.99. The second-order valence-electron chi connectivity index (χ2n) is 6.27. The first kappa shape index (κ1) is 13.1. The number of aromatic nitrogens is 3. The Morgan fingerprint density at radius 3 is 3.13 bits per heavy atom. The number of aromatic amines is 1. The van der Waals surface area contributed by atoms with Crippen molar-refractivity contribution in [3.8, 4) is 11.3 Å². The number of pyridine rings is 1. The van der Waals surface area contributed by atoms with Crippen LogP contribution in [0.25, 0.3) is 22.2 Å². The van der Waals surface area contributed by atoms with Gasteiger partial charge < -0.3 is 9.64 Å². The normalized spacial score (nSPS) is 23.6. The molecule has 5 nitrogen and oxygen atoms in total. The fourth-order valence-electron chi connectivity index (χ4n) is 3.89. The number of hydrogen-bond acceptors (Lipinski definition) is 4. The molecular weight excluding hydrogens is 288 g/mol. The average Bonchev–Trinajstić information content (AvgIpc) is 3.30. The number of nitrogens with zero attached hydrogens (tertiary/aromatic N) is 3. The van der Waals surface area contributed by atoms with E-state index in [1.807, 2.05) is 24.4 Å². The summed E-state index contributed by atoms with van der Waals surface area (Å²) in [7, 11) is 0. The summed E-state index contributed by atoms with van der Waals surface area (Å²) in [5.74, 6) is 1.03. The van der Waals surface area contributed by atoms with Gasteiger partial charge in [-0.2, -0.15) is 5.10 Å². The molecule has 5 rings (SSSR count). The van der Waals surface area contributed by atoms with Gasteiger partial charge >= 0.3 is 0 Å². The third-order valence-electron chi connectivity index (χ3n) is 5.01. The lowest BCUT2D eigenvalue weighted by atomic mass is 10.1. The highest BCUT2D eigenvalue weighted by molar-refractivity contribution is 5.93. The van der Waals surface area contributed by atoms with Gasteiger partial charge in [-0.25, -0.2) is 4.98 Å². The number of H-pyrrole nitrogens is 1. The SMILES string of the molecule is c1ccc2c(-c3ccnc(N4CCC5OCCC54)c3)n[nH]c2c1. The predicted molar refractivity (Wildman–Crippen MR) is 89.4 cm³/mol. The van der Waals surface area contributed by atoms with E-state index in [1.165, 1.54) is 0 Å². The molecule has 2 aliphatic heterocycles. The molecule has 2 saturated heterocycles. The van der Waals surface area contributed by atoms with Crippen molar-refractivity contribution in [2.75, 3.05) is 18.1 Å². The minimum atomic E-state index is 0.381. The Morgan fingerprint density at radius 2 is 2.13 bits per heavy atom. The quantitative estimate of drug-likeness (QED) is 0.791. The summed E-state index contributed by atoms with van der Waals surface area (Å²) in [5, 5.41) is 8.76. The maximum Gasteiger partial charge on any atom is 0.129 e. The first-order valence-corrected chi connectivity index (χ1v) is 8.18. The number of rotatable bonds is 2. The van der Waals surface area contributed by atoms with Crippen LogP contribution in [-0.2, 0) is 4.74 Å². The average molecular weight is 306 g/mol. The van der Waals surface area contributed by atoms with Crippen LogP contribution < -0.4 is 4.90 Å². The van der Waals surface area contributed by atoms with Crippen molar-refractivity contribution in [1.82, 2.24) is 15.2 Å². The van der Waals surface area contributed by atoms with E-state index in [1.54, 1.807) is 0 Å². The number of hydrogen-bond donors (Lipinski definition) is 1. The Morgan fingerprint density at radius 1 is 1.17 bits per heavy atom. The molecule has 5 heteroatoms. The number of benzene rings is 1. The summed E-state index contributed by atoms with van der Waals surface area (Å²) in [6.07, 6.45) is 4.47. The molecule has 2 fully saturated rings. The fraction of sp³-hybridized carbons (Fsp3) is 0.333. The van der Waals surface area contributed by atoms with Gasteiger partial charge in [0.1, 0.15) is 11.5 Å². The molecule has 0 aliphatic carbocycles. The lowest BCUT2D eigenvalue weighted by Crippen LogP contribution is -2.32. The van der Waals surface area contributed by atoms with E-state index < -0.39 is 0 Å². The maximum absolute atomic E-state index is 5.80. The van der Waals surface area contributed by atoms with Crippen LogP contribution in [0, 0.1) is 0 Å². The van der Waals surface area contributed by atoms with Crippen LogP contribution in [0.5, 0.6) is 0 Å². The van der Waals surface area contributed by atoms with Crippen LogP contribution in [0.1, 0.15) is 12.8 Å². The Bertz CT molecular complexity index is 859. The molecule has 0 radical (unpaired) electrons. The Kier molecular flexibility index (Phi) is 2.88. The lowest BCUT2D eigenvalue weighted by molar-refractivity contribution is 0.113. The Hall–Kier alpha value is -2.40. The molecule has 4 heterocycles. The number of nitrogens with one attached hydrogen (secondary N) is 1. The van der Waals surface area contributed by atoms with E-state index in [-0.39, 0.29) is 0 Å².